The zero-order valence-electron chi connectivity index (χ0n) is 13.5. The molecule has 1 aromatic rings. The Morgan fingerprint density at radius 2 is 2.30 bits per heavy atom. The molecule has 1 saturated carbocycles. The predicted octanol–water partition coefficient (Wildman–Crippen LogP) is 1.23. The summed E-state index contributed by atoms with van der Waals surface area (Å²) in [6, 6.07) is 0.115. The fraction of sp³-hybridized carbons (Fsp3) is 0.800. The largest absolute Gasteiger partial charge is 0.408 e. The Bertz CT molecular complexity index is 549. The number of carbonyl (C=O) groups excluding carboxylic acids is 1. The van der Waals surface area contributed by atoms with Crippen LogP contribution in [0.1, 0.15) is 32.1 Å². The molecule has 1 aliphatic heterocycles. The van der Waals surface area contributed by atoms with Crippen LogP contribution in [-0.4, -0.2) is 54.1 Å². The van der Waals surface area contributed by atoms with Gasteiger partial charge in [-0.1, -0.05) is 5.10 Å². The maximum absolute atomic E-state index is 13.7. The van der Waals surface area contributed by atoms with Gasteiger partial charge in [0.25, 0.3) is 0 Å². The lowest BCUT2D eigenvalue weighted by Gasteiger charge is -2.23. The third-order valence-electron chi connectivity index (χ3n) is 4.28. The van der Waals surface area contributed by atoms with Gasteiger partial charge < -0.3 is 19.4 Å². The Morgan fingerprint density at radius 1 is 1.52 bits per heavy atom. The maximum atomic E-state index is 13.7. The third-order valence-corrected chi connectivity index (χ3v) is 4.28. The maximum Gasteiger partial charge on any atom is 0.318 e. The lowest BCUT2D eigenvalue weighted by Crippen LogP contribution is -2.43. The summed E-state index contributed by atoms with van der Waals surface area (Å²) in [5.74, 6) is 0.880. The van der Waals surface area contributed by atoms with E-state index in [1.807, 2.05) is 0 Å². The summed E-state index contributed by atoms with van der Waals surface area (Å²) in [7, 11) is 0. The number of nitrogens with zero attached hydrogens (tertiary/aromatic N) is 3. The molecule has 0 radical (unpaired) electrons. The van der Waals surface area contributed by atoms with Gasteiger partial charge in [-0.15, -0.1) is 5.10 Å². The Labute approximate surface area is 134 Å². The number of aromatic nitrogens is 2. The van der Waals surface area contributed by atoms with Gasteiger partial charge in [0.2, 0.25) is 11.8 Å². The van der Waals surface area contributed by atoms with E-state index in [1.54, 1.807) is 18.7 Å². The number of nitrogens with one attached hydrogen (secondary N) is 1. The lowest BCUT2D eigenvalue weighted by molar-refractivity contribution is -0.132. The van der Waals surface area contributed by atoms with Crippen molar-refractivity contribution in [1.29, 1.82) is 0 Å². The summed E-state index contributed by atoms with van der Waals surface area (Å²) in [6.45, 7) is 4.60. The summed E-state index contributed by atoms with van der Waals surface area (Å²) in [5, 5.41) is 10.5. The fourth-order valence-corrected chi connectivity index (χ4v) is 2.69. The molecule has 7 nitrogen and oxygen atoms in total. The van der Waals surface area contributed by atoms with Crippen molar-refractivity contribution in [3.05, 3.63) is 5.89 Å². The van der Waals surface area contributed by atoms with E-state index in [2.05, 4.69) is 15.5 Å². The van der Waals surface area contributed by atoms with E-state index in [-0.39, 0.29) is 18.5 Å². The van der Waals surface area contributed by atoms with E-state index in [0.29, 0.717) is 37.4 Å². The van der Waals surface area contributed by atoms with Crippen LogP contribution in [0.4, 0.5) is 10.4 Å². The SMILES string of the molecule is Cc1nnc(N2C[C@@H](F)C[C@H]2CNC(=O)[C@H](C)OCC2CC2)o1. The van der Waals surface area contributed by atoms with Gasteiger partial charge in [0, 0.05) is 19.9 Å². The molecule has 0 bridgehead atoms. The molecule has 0 spiro atoms. The second-order valence-electron chi connectivity index (χ2n) is 6.41. The highest BCUT2D eigenvalue weighted by atomic mass is 19.1. The molecule has 1 saturated heterocycles. The van der Waals surface area contributed by atoms with Gasteiger partial charge in [0.1, 0.15) is 12.3 Å². The average Bonchev–Trinajstić information content (AvgIpc) is 3.14. The average molecular weight is 326 g/mol. The molecule has 2 fully saturated rings. The minimum absolute atomic E-state index is 0.172. The highest BCUT2D eigenvalue weighted by molar-refractivity contribution is 5.80. The molecule has 1 amide bonds. The Kier molecular flexibility index (Phi) is 4.79. The van der Waals surface area contributed by atoms with Crippen LogP contribution in [0.25, 0.3) is 0 Å². The normalized spacial score (nSPS) is 25.6. The zero-order valence-corrected chi connectivity index (χ0v) is 13.5. The number of halogens is 1. The summed E-state index contributed by atoms with van der Waals surface area (Å²) >= 11 is 0. The van der Waals surface area contributed by atoms with Crippen molar-refractivity contribution in [2.75, 3.05) is 24.6 Å². The number of hydrogen-bond donors (Lipinski definition) is 1. The zero-order chi connectivity index (χ0) is 16.4. The second kappa shape index (κ2) is 6.82. The Morgan fingerprint density at radius 3 is 2.96 bits per heavy atom. The van der Waals surface area contributed by atoms with Gasteiger partial charge >= 0.3 is 6.01 Å². The summed E-state index contributed by atoms with van der Waals surface area (Å²) in [6.07, 6.45) is 1.25. The summed E-state index contributed by atoms with van der Waals surface area (Å²) in [5.41, 5.74) is 0. The van der Waals surface area contributed by atoms with Crippen LogP contribution < -0.4 is 10.2 Å². The number of alkyl halides is 1. The summed E-state index contributed by atoms with van der Waals surface area (Å²) in [4.78, 5) is 13.8. The van der Waals surface area contributed by atoms with Crippen LogP contribution >= 0.6 is 0 Å². The monoisotopic (exact) mass is 326 g/mol. The number of amides is 1. The smallest absolute Gasteiger partial charge is 0.318 e. The molecule has 3 rings (SSSR count). The molecule has 23 heavy (non-hydrogen) atoms. The molecule has 0 unspecified atom stereocenters. The molecule has 8 heteroatoms. The van der Waals surface area contributed by atoms with E-state index in [1.165, 1.54) is 12.8 Å². The van der Waals surface area contributed by atoms with Gasteiger partial charge in [-0.05, 0) is 25.7 Å². The number of anilines is 1. The van der Waals surface area contributed by atoms with Gasteiger partial charge in [-0.25, -0.2) is 4.39 Å². The molecule has 1 aliphatic carbocycles. The van der Waals surface area contributed by atoms with Crippen molar-refractivity contribution in [2.24, 2.45) is 5.92 Å². The van der Waals surface area contributed by atoms with E-state index in [9.17, 15) is 9.18 Å². The standard InChI is InChI=1S/C15H23FN4O3/c1-9(22-8-11-3-4-11)14(21)17-6-13-5-12(16)7-20(13)15-19-18-10(2)23-15/h9,11-13H,3-8H2,1-2H3,(H,17,21)/t9-,12-,13-/m0/s1. The van der Waals surface area contributed by atoms with E-state index in [0.717, 1.165) is 0 Å². The van der Waals surface area contributed by atoms with Gasteiger partial charge in [0.15, 0.2) is 0 Å². The van der Waals surface area contributed by atoms with E-state index >= 15 is 0 Å². The van der Waals surface area contributed by atoms with Gasteiger partial charge in [0.05, 0.1) is 19.2 Å². The molecular formula is C15H23FN4O3. The molecule has 0 aromatic carbocycles. The lowest BCUT2D eigenvalue weighted by atomic mass is 10.2. The molecule has 2 aliphatic rings. The first kappa shape index (κ1) is 16.2. The Hall–Kier alpha value is -1.70. The highest BCUT2D eigenvalue weighted by Crippen LogP contribution is 2.29. The second-order valence-corrected chi connectivity index (χ2v) is 6.41. The topological polar surface area (TPSA) is 80.5 Å². The van der Waals surface area contributed by atoms with Crippen LogP contribution in [0.3, 0.4) is 0 Å². The number of aryl methyl sites for hydroxylation is 1. The number of ether oxygens (including phenoxy) is 1. The minimum Gasteiger partial charge on any atom is -0.408 e. The molecule has 3 atom stereocenters. The minimum atomic E-state index is -0.965. The van der Waals surface area contributed by atoms with Crippen molar-refractivity contribution >= 4 is 11.9 Å². The van der Waals surface area contributed by atoms with Crippen LogP contribution in [-0.2, 0) is 9.53 Å². The first-order valence-corrected chi connectivity index (χ1v) is 8.13. The van der Waals surface area contributed by atoms with Gasteiger partial charge in [-0.3, -0.25) is 4.79 Å². The van der Waals surface area contributed by atoms with Crippen molar-refractivity contribution < 1.29 is 18.3 Å². The molecule has 1 aromatic heterocycles. The van der Waals surface area contributed by atoms with Crippen LogP contribution in [0, 0.1) is 12.8 Å². The predicted molar refractivity (Wildman–Crippen MR) is 80.8 cm³/mol. The van der Waals surface area contributed by atoms with Crippen LogP contribution in [0.2, 0.25) is 0 Å². The van der Waals surface area contributed by atoms with Crippen molar-refractivity contribution in [3.8, 4) is 0 Å². The molecule has 2 heterocycles. The fourth-order valence-electron chi connectivity index (χ4n) is 2.69. The van der Waals surface area contributed by atoms with E-state index < -0.39 is 12.3 Å². The molecule has 128 valence electrons. The molecule has 1 N–H and O–H groups in total. The van der Waals surface area contributed by atoms with Crippen molar-refractivity contribution in [2.45, 2.75) is 51.4 Å². The number of carbonyl (C=O) groups is 1. The first-order valence-electron chi connectivity index (χ1n) is 8.13. The summed E-state index contributed by atoms with van der Waals surface area (Å²) < 4.78 is 24.7. The number of rotatable bonds is 7. The van der Waals surface area contributed by atoms with Gasteiger partial charge in [-0.2, -0.15) is 0 Å². The highest BCUT2D eigenvalue weighted by Gasteiger charge is 2.35. The van der Waals surface area contributed by atoms with E-state index in [4.69, 9.17) is 9.15 Å². The van der Waals surface area contributed by atoms with Crippen LogP contribution in [0.5, 0.6) is 0 Å². The first-order chi connectivity index (χ1) is 11.0. The Balaban J connectivity index is 1.50. The third kappa shape index (κ3) is 4.19. The van der Waals surface area contributed by atoms with Crippen molar-refractivity contribution in [1.82, 2.24) is 15.5 Å². The van der Waals surface area contributed by atoms with Crippen molar-refractivity contribution in [3.63, 3.8) is 0 Å². The quantitative estimate of drug-likeness (QED) is 0.812. The van der Waals surface area contributed by atoms with Crippen LogP contribution in [0.15, 0.2) is 4.42 Å². The molecular weight excluding hydrogens is 303 g/mol. The number of hydrogen-bond acceptors (Lipinski definition) is 6.